The number of ether oxygens (including phenoxy) is 1. The average Bonchev–Trinajstić information content (AvgIpc) is 2.62. The fourth-order valence-electron chi connectivity index (χ4n) is 3.54. The van der Waals surface area contributed by atoms with Gasteiger partial charge >= 0.3 is 0 Å². The van der Waals surface area contributed by atoms with Gasteiger partial charge in [-0.3, -0.25) is 9.69 Å². The highest BCUT2D eigenvalue weighted by atomic mass is 16.5. The molecule has 1 atom stereocenters. The summed E-state index contributed by atoms with van der Waals surface area (Å²) >= 11 is 0. The number of para-hydroxylation sites is 1. The summed E-state index contributed by atoms with van der Waals surface area (Å²) in [5, 5.41) is 3.09. The molecule has 1 amide bonds. The van der Waals surface area contributed by atoms with Gasteiger partial charge in [-0.2, -0.15) is 0 Å². The quantitative estimate of drug-likeness (QED) is 0.862. The van der Waals surface area contributed by atoms with Crippen LogP contribution in [0.2, 0.25) is 0 Å². The first-order valence-electron chi connectivity index (χ1n) is 9.69. The summed E-state index contributed by atoms with van der Waals surface area (Å²) < 4.78 is 5.85. The molecule has 1 aliphatic heterocycles. The molecular formula is C23H30N2O2. The Morgan fingerprint density at radius 1 is 1.11 bits per heavy atom. The minimum absolute atomic E-state index is 0.0123. The Morgan fingerprint density at radius 2 is 1.81 bits per heavy atom. The number of benzene rings is 2. The fraction of sp³-hybridized carbons (Fsp3) is 0.435. The van der Waals surface area contributed by atoms with E-state index >= 15 is 0 Å². The Balaban J connectivity index is 1.57. The van der Waals surface area contributed by atoms with Crippen LogP contribution in [0.4, 0.5) is 5.69 Å². The first-order valence-corrected chi connectivity index (χ1v) is 9.69. The van der Waals surface area contributed by atoms with Crippen LogP contribution in [0.15, 0.2) is 54.6 Å². The Bertz CT molecular complexity index is 752. The van der Waals surface area contributed by atoms with Crippen LogP contribution < -0.4 is 5.32 Å². The van der Waals surface area contributed by atoms with Gasteiger partial charge in [0.15, 0.2) is 0 Å². The van der Waals surface area contributed by atoms with E-state index < -0.39 is 0 Å². The van der Waals surface area contributed by atoms with Crippen LogP contribution in [0.25, 0.3) is 0 Å². The standard InChI is InChI=1S/C23H30N2O2/c1-23(2,3)20-11-7-8-12-21(20)24-22(26)15-19-17-25(13-14-27-19)16-18-9-5-4-6-10-18/h4-12,19H,13-17H2,1-3H3,(H,24,26). The molecule has 27 heavy (non-hydrogen) atoms. The molecular weight excluding hydrogens is 336 g/mol. The molecule has 0 aliphatic carbocycles. The smallest absolute Gasteiger partial charge is 0.227 e. The number of hydrogen-bond donors (Lipinski definition) is 1. The van der Waals surface area contributed by atoms with Gasteiger partial charge in [0.25, 0.3) is 0 Å². The molecule has 3 rings (SSSR count). The highest BCUT2D eigenvalue weighted by molar-refractivity contribution is 5.92. The number of rotatable bonds is 5. The molecule has 1 heterocycles. The molecule has 0 radical (unpaired) electrons. The van der Waals surface area contributed by atoms with Gasteiger partial charge in [0.1, 0.15) is 0 Å². The molecule has 144 valence electrons. The minimum Gasteiger partial charge on any atom is -0.375 e. The lowest BCUT2D eigenvalue weighted by Crippen LogP contribution is -2.43. The molecule has 1 fully saturated rings. The third-order valence-corrected chi connectivity index (χ3v) is 4.89. The van der Waals surface area contributed by atoms with Crippen LogP contribution in [0.5, 0.6) is 0 Å². The lowest BCUT2D eigenvalue weighted by atomic mass is 9.86. The van der Waals surface area contributed by atoms with E-state index in [1.165, 1.54) is 5.56 Å². The Morgan fingerprint density at radius 3 is 2.56 bits per heavy atom. The predicted molar refractivity (Wildman–Crippen MR) is 110 cm³/mol. The SMILES string of the molecule is CC(C)(C)c1ccccc1NC(=O)CC1CN(Cc2ccccc2)CCO1. The molecule has 1 saturated heterocycles. The molecule has 1 aliphatic rings. The number of morpholine rings is 1. The maximum Gasteiger partial charge on any atom is 0.227 e. The Kier molecular flexibility index (Phi) is 6.30. The van der Waals surface area contributed by atoms with Gasteiger partial charge in [0.2, 0.25) is 5.91 Å². The van der Waals surface area contributed by atoms with Crippen LogP contribution in [-0.4, -0.2) is 36.6 Å². The van der Waals surface area contributed by atoms with Crippen LogP contribution in [0.3, 0.4) is 0 Å². The summed E-state index contributed by atoms with van der Waals surface area (Å²) in [5.41, 5.74) is 3.32. The van der Waals surface area contributed by atoms with E-state index in [-0.39, 0.29) is 17.4 Å². The topological polar surface area (TPSA) is 41.6 Å². The molecule has 4 heteroatoms. The molecule has 2 aromatic carbocycles. The van der Waals surface area contributed by atoms with Crippen molar-refractivity contribution in [3.05, 3.63) is 65.7 Å². The van der Waals surface area contributed by atoms with Gasteiger partial charge in [-0.1, -0.05) is 69.3 Å². The van der Waals surface area contributed by atoms with Crippen molar-refractivity contribution in [3.8, 4) is 0 Å². The van der Waals surface area contributed by atoms with E-state index in [1.54, 1.807) is 0 Å². The normalized spacial score (nSPS) is 18.3. The van der Waals surface area contributed by atoms with Crippen molar-refractivity contribution in [1.29, 1.82) is 0 Å². The van der Waals surface area contributed by atoms with E-state index in [4.69, 9.17) is 4.74 Å². The first-order chi connectivity index (χ1) is 12.9. The summed E-state index contributed by atoms with van der Waals surface area (Å²) in [5.74, 6) is 0.0123. The van der Waals surface area contributed by atoms with Crippen LogP contribution >= 0.6 is 0 Å². The lowest BCUT2D eigenvalue weighted by molar-refractivity contribution is -0.121. The Labute approximate surface area is 162 Å². The molecule has 1 unspecified atom stereocenters. The van der Waals surface area contributed by atoms with E-state index in [0.717, 1.165) is 30.9 Å². The second-order valence-corrected chi connectivity index (χ2v) is 8.26. The zero-order chi connectivity index (χ0) is 19.3. The minimum atomic E-state index is -0.0655. The number of amides is 1. The fourth-order valence-corrected chi connectivity index (χ4v) is 3.54. The van der Waals surface area contributed by atoms with Crippen LogP contribution in [0.1, 0.15) is 38.3 Å². The molecule has 2 aromatic rings. The monoisotopic (exact) mass is 366 g/mol. The molecule has 0 spiro atoms. The van der Waals surface area contributed by atoms with Crippen molar-refractivity contribution < 1.29 is 9.53 Å². The van der Waals surface area contributed by atoms with Crippen molar-refractivity contribution in [3.63, 3.8) is 0 Å². The van der Waals surface area contributed by atoms with Gasteiger partial charge in [0.05, 0.1) is 19.1 Å². The van der Waals surface area contributed by atoms with Crippen molar-refractivity contribution in [2.24, 2.45) is 0 Å². The van der Waals surface area contributed by atoms with E-state index in [9.17, 15) is 4.79 Å². The number of carbonyl (C=O) groups is 1. The molecule has 0 saturated carbocycles. The zero-order valence-corrected chi connectivity index (χ0v) is 16.6. The van der Waals surface area contributed by atoms with Crippen molar-refractivity contribution in [2.75, 3.05) is 25.0 Å². The van der Waals surface area contributed by atoms with Crippen LogP contribution in [0, 0.1) is 0 Å². The lowest BCUT2D eigenvalue weighted by Gasteiger charge is -2.32. The highest BCUT2D eigenvalue weighted by Crippen LogP contribution is 2.29. The highest BCUT2D eigenvalue weighted by Gasteiger charge is 2.24. The van der Waals surface area contributed by atoms with E-state index in [2.05, 4.69) is 61.3 Å². The second kappa shape index (κ2) is 8.68. The van der Waals surface area contributed by atoms with Gasteiger partial charge < -0.3 is 10.1 Å². The molecule has 0 bridgehead atoms. The molecule has 1 N–H and O–H groups in total. The van der Waals surface area contributed by atoms with E-state index in [1.807, 2.05) is 24.3 Å². The second-order valence-electron chi connectivity index (χ2n) is 8.26. The molecule has 0 aromatic heterocycles. The van der Waals surface area contributed by atoms with Crippen molar-refractivity contribution in [2.45, 2.75) is 45.3 Å². The predicted octanol–water partition coefficient (Wildman–Crippen LogP) is 4.21. The number of nitrogens with one attached hydrogen (secondary N) is 1. The Hall–Kier alpha value is -2.17. The third kappa shape index (κ3) is 5.65. The summed E-state index contributed by atoms with van der Waals surface area (Å²) in [7, 11) is 0. The number of anilines is 1. The van der Waals surface area contributed by atoms with Gasteiger partial charge in [-0.25, -0.2) is 0 Å². The van der Waals surface area contributed by atoms with E-state index in [0.29, 0.717) is 13.0 Å². The van der Waals surface area contributed by atoms with Crippen molar-refractivity contribution >= 4 is 11.6 Å². The number of hydrogen-bond acceptors (Lipinski definition) is 3. The summed E-state index contributed by atoms with van der Waals surface area (Å²) in [6, 6.07) is 18.5. The maximum absolute atomic E-state index is 12.6. The zero-order valence-electron chi connectivity index (χ0n) is 16.6. The first kappa shape index (κ1) is 19.6. The van der Waals surface area contributed by atoms with Gasteiger partial charge in [-0.05, 0) is 22.6 Å². The van der Waals surface area contributed by atoms with Crippen molar-refractivity contribution in [1.82, 2.24) is 4.90 Å². The largest absolute Gasteiger partial charge is 0.375 e. The summed E-state index contributed by atoms with van der Waals surface area (Å²) in [4.78, 5) is 15.0. The number of carbonyl (C=O) groups excluding carboxylic acids is 1. The average molecular weight is 367 g/mol. The summed E-state index contributed by atoms with van der Waals surface area (Å²) in [6.07, 6.45) is 0.313. The number of nitrogens with zero attached hydrogens (tertiary/aromatic N) is 1. The van der Waals surface area contributed by atoms with Crippen LogP contribution in [-0.2, 0) is 21.5 Å². The maximum atomic E-state index is 12.6. The molecule has 4 nitrogen and oxygen atoms in total. The third-order valence-electron chi connectivity index (χ3n) is 4.89. The van der Waals surface area contributed by atoms with Gasteiger partial charge in [-0.15, -0.1) is 0 Å². The summed E-state index contributed by atoms with van der Waals surface area (Å²) in [6.45, 7) is 9.72. The van der Waals surface area contributed by atoms with Gasteiger partial charge in [0, 0.05) is 25.3 Å².